The second-order valence-electron chi connectivity index (χ2n) is 4.70. The first-order valence-electron chi connectivity index (χ1n) is 6.24. The second kappa shape index (κ2) is 4.90. The SMILES string of the molecule is CC(c1cccc(Br)c1)n1c(N)nc2cc(F)ccc21. The van der Waals surface area contributed by atoms with Gasteiger partial charge < -0.3 is 10.3 Å². The van der Waals surface area contributed by atoms with Crippen molar-refractivity contribution in [2.75, 3.05) is 5.73 Å². The molecule has 0 spiro atoms. The van der Waals surface area contributed by atoms with Crippen LogP contribution in [-0.4, -0.2) is 9.55 Å². The van der Waals surface area contributed by atoms with Crippen LogP contribution >= 0.6 is 15.9 Å². The number of rotatable bonds is 2. The third-order valence-electron chi connectivity index (χ3n) is 3.40. The lowest BCUT2D eigenvalue weighted by atomic mass is 10.1. The van der Waals surface area contributed by atoms with Gasteiger partial charge in [0.25, 0.3) is 0 Å². The number of nitrogens with two attached hydrogens (primary N) is 1. The highest BCUT2D eigenvalue weighted by Crippen LogP contribution is 2.28. The van der Waals surface area contributed by atoms with Crippen LogP contribution in [0.1, 0.15) is 18.5 Å². The van der Waals surface area contributed by atoms with Crippen molar-refractivity contribution in [2.45, 2.75) is 13.0 Å². The molecule has 1 aromatic heterocycles. The van der Waals surface area contributed by atoms with Crippen molar-refractivity contribution in [2.24, 2.45) is 0 Å². The van der Waals surface area contributed by atoms with E-state index < -0.39 is 0 Å². The molecular formula is C15H13BrFN3. The van der Waals surface area contributed by atoms with Gasteiger partial charge in [-0.2, -0.15) is 0 Å². The van der Waals surface area contributed by atoms with Crippen LogP contribution in [0.4, 0.5) is 10.3 Å². The fourth-order valence-corrected chi connectivity index (χ4v) is 2.83. The van der Waals surface area contributed by atoms with Crippen molar-refractivity contribution in [1.29, 1.82) is 0 Å². The first-order valence-corrected chi connectivity index (χ1v) is 7.04. The van der Waals surface area contributed by atoms with E-state index >= 15 is 0 Å². The van der Waals surface area contributed by atoms with Crippen LogP contribution in [0.25, 0.3) is 11.0 Å². The predicted octanol–water partition coefficient (Wildman–Crippen LogP) is 4.13. The summed E-state index contributed by atoms with van der Waals surface area (Å²) in [6.07, 6.45) is 0. The summed E-state index contributed by atoms with van der Waals surface area (Å²) in [5, 5.41) is 0. The van der Waals surface area contributed by atoms with Crippen LogP contribution in [0, 0.1) is 5.82 Å². The Labute approximate surface area is 124 Å². The lowest BCUT2D eigenvalue weighted by Crippen LogP contribution is -2.10. The number of hydrogen-bond acceptors (Lipinski definition) is 2. The van der Waals surface area contributed by atoms with Crippen LogP contribution in [0.2, 0.25) is 0 Å². The highest BCUT2D eigenvalue weighted by atomic mass is 79.9. The number of benzene rings is 2. The summed E-state index contributed by atoms with van der Waals surface area (Å²) in [5.74, 6) is 0.0790. The third kappa shape index (κ3) is 2.18. The molecule has 0 aliphatic rings. The summed E-state index contributed by atoms with van der Waals surface area (Å²) in [5.41, 5.74) is 8.51. The maximum atomic E-state index is 13.3. The molecule has 3 aromatic rings. The van der Waals surface area contributed by atoms with Crippen LogP contribution in [-0.2, 0) is 0 Å². The Kier molecular flexibility index (Phi) is 3.22. The molecule has 0 amide bonds. The van der Waals surface area contributed by atoms with Gasteiger partial charge in [-0.25, -0.2) is 9.37 Å². The van der Waals surface area contributed by atoms with E-state index in [1.165, 1.54) is 12.1 Å². The minimum Gasteiger partial charge on any atom is -0.369 e. The molecule has 2 aromatic carbocycles. The van der Waals surface area contributed by atoms with E-state index in [2.05, 4.69) is 20.9 Å². The molecule has 3 rings (SSSR count). The normalized spacial score (nSPS) is 12.8. The monoisotopic (exact) mass is 333 g/mol. The summed E-state index contributed by atoms with van der Waals surface area (Å²) in [6.45, 7) is 2.04. The van der Waals surface area contributed by atoms with Gasteiger partial charge in [0.2, 0.25) is 5.95 Å². The third-order valence-corrected chi connectivity index (χ3v) is 3.89. The number of hydrogen-bond donors (Lipinski definition) is 1. The maximum Gasteiger partial charge on any atom is 0.201 e. The summed E-state index contributed by atoms with van der Waals surface area (Å²) in [4.78, 5) is 4.23. The molecule has 5 heteroatoms. The Morgan fingerprint density at radius 3 is 2.80 bits per heavy atom. The quantitative estimate of drug-likeness (QED) is 0.766. The number of aromatic nitrogens is 2. The minimum atomic E-state index is -0.308. The average molecular weight is 334 g/mol. The number of nitrogen functional groups attached to an aromatic ring is 1. The molecule has 0 aliphatic heterocycles. The predicted molar refractivity (Wildman–Crippen MR) is 82.1 cm³/mol. The summed E-state index contributed by atoms with van der Waals surface area (Å²) >= 11 is 3.47. The Morgan fingerprint density at radius 1 is 1.25 bits per heavy atom. The van der Waals surface area contributed by atoms with E-state index in [1.54, 1.807) is 6.07 Å². The van der Waals surface area contributed by atoms with Crippen molar-refractivity contribution in [1.82, 2.24) is 9.55 Å². The van der Waals surface area contributed by atoms with Crippen LogP contribution in [0.5, 0.6) is 0 Å². The fourth-order valence-electron chi connectivity index (χ4n) is 2.41. The number of anilines is 1. The van der Waals surface area contributed by atoms with Crippen molar-refractivity contribution < 1.29 is 4.39 Å². The van der Waals surface area contributed by atoms with E-state index in [1.807, 2.05) is 35.8 Å². The van der Waals surface area contributed by atoms with Crippen molar-refractivity contribution in [3.8, 4) is 0 Å². The molecule has 3 nitrogen and oxygen atoms in total. The zero-order valence-corrected chi connectivity index (χ0v) is 12.4. The molecule has 1 atom stereocenters. The zero-order chi connectivity index (χ0) is 14.3. The molecule has 0 saturated carbocycles. The molecule has 0 radical (unpaired) electrons. The molecule has 1 heterocycles. The van der Waals surface area contributed by atoms with Crippen molar-refractivity contribution >= 4 is 32.9 Å². The molecule has 1 unspecified atom stereocenters. The van der Waals surface area contributed by atoms with E-state index in [-0.39, 0.29) is 11.9 Å². The standard InChI is InChI=1S/C15H13BrFN3/c1-9(10-3-2-4-11(16)7-10)20-14-6-5-12(17)8-13(14)19-15(20)18/h2-9H,1H3,(H2,18,19). The number of halogens is 2. The summed E-state index contributed by atoms with van der Waals surface area (Å²) < 4.78 is 16.2. The van der Waals surface area contributed by atoms with Gasteiger partial charge in [0, 0.05) is 10.5 Å². The number of imidazole rings is 1. The molecule has 0 aliphatic carbocycles. The van der Waals surface area contributed by atoms with Gasteiger partial charge in [0.1, 0.15) is 5.82 Å². The van der Waals surface area contributed by atoms with E-state index in [0.29, 0.717) is 11.5 Å². The Hall–Kier alpha value is -1.88. The van der Waals surface area contributed by atoms with Crippen LogP contribution < -0.4 is 5.73 Å². The highest BCUT2D eigenvalue weighted by molar-refractivity contribution is 9.10. The smallest absolute Gasteiger partial charge is 0.201 e. The van der Waals surface area contributed by atoms with Crippen LogP contribution in [0.3, 0.4) is 0 Å². The van der Waals surface area contributed by atoms with E-state index in [9.17, 15) is 4.39 Å². The first kappa shape index (κ1) is 13.1. The average Bonchev–Trinajstić information content (AvgIpc) is 2.73. The summed E-state index contributed by atoms with van der Waals surface area (Å²) in [7, 11) is 0. The van der Waals surface area contributed by atoms with Crippen molar-refractivity contribution in [3.05, 3.63) is 58.3 Å². The number of nitrogens with zero attached hydrogens (tertiary/aromatic N) is 2. The lowest BCUT2D eigenvalue weighted by molar-refractivity contribution is 0.628. The molecule has 20 heavy (non-hydrogen) atoms. The highest BCUT2D eigenvalue weighted by Gasteiger charge is 2.16. The maximum absolute atomic E-state index is 13.3. The zero-order valence-electron chi connectivity index (χ0n) is 10.8. The Bertz CT molecular complexity index is 782. The van der Waals surface area contributed by atoms with Gasteiger partial charge in [-0.05, 0) is 36.8 Å². The lowest BCUT2D eigenvalue weighted by Gasteiger charge is -2.16. The van der Waals surface area contributed by atoms with Gasteiger partial charge >= 0.3 is 0 Å². The van der Waals surface area contributed by atoms with Crippen molar-refractivity contribution in [3.63, 3.8) is 0 Å². The Morgan fingerprint density at radius 2 is 2.05 bits per heavy atom. The summed E-state index contributed by atoms with van der Waals surface area (Å²) in [6, 6.07) is 12.6. The van der Waals surface area contributed by atoms with Crippen LogP contribution in [0.15, 0.2) is 46.9 Å². The molecule has 2 N–H and O–H groups in total. The van der Waals surface area contributed by atoms with Gasteiger partial charge in [-0.1, -0.05) is 28.1 Å². The largest absolute Gasteiger partial charge is 0.369 e. The number of fused-ring (bicyclic) bond motifs is 1. The van der Waals surface area contributed by atoms with E-state index in [4.69, 9.17) is 5.73 Å². The molecule has 0 saturated heterocycles. The van der Waals surface area contributed by atoms with Gasteiger partial charge in [-0.15, -0.1) is 0 Å². The molecular weight excluding hydrogens is 321 g/mol. The van der Waals surface area contributed by atoms with Gasteiger partial charge in [0.15, 0.2) is 0 Å². The Balaban J connectivity index is 2.16. The molecule has 0 fully saturated rings. The first-order chi connectivity index (χ1) is 9.56. The minimum absolute atomic E-state index is 0.0166. The molecule has 102 valence electrons. The topological polar surface area (TPSA) is 43.8 Å². The van der Waals surface area contributed by atoms with Gasteiger partial charge in [0.05, 0.1) is 17.1 Å². The fraction of sp³-hybridized carbons (Fsp3) is 0.133. The van der Waals surface area contributed by atoms with Gasteiger partial charge in [-0.3, -0.25) is 0 Å². The molecule has 0 bridgehead atoms. The second-order valence-corrected chi connectivity index (χ2v) is 5.62. The van der Waals surface area contributed by atoms with E-state index in [0.717, 1.165) is 15.6 Å².